The van der Waals surface area contributed by atoms with Gasteiger partial charge in [0, 0.05) is 24.8 Å². The first-order chi connectivity index (χ1) is 12.9. The number of benzene rings is 1. The van der Waals surface area contributed by atoms with Gasteiger partial charge < -0.3 is 10.6 Å². The standard InChI is InChI=1S/C22H32N4O/c1-16(2)17(3)26-13-18-8-7-9-20(19(18)14-26)24-12-21(27)25-22(15-23)10-5-4-6-11-22/h7-9,16-17,24H,4-6,10-14H2,1-3H3,(H,25,27). The van der Waals surface area contributed by atoms with Crippen molar-refractivity contribution < 1.29 is 4.79 Å². The Balaban J connectivity index is 1.61. The second kappa shape index (κ2) is 8.31. The second-order valence-electron chi connectivity index (χ2n) is 8.49. The van der Waals surface area contributed by atoms with Crippen molar-refractivity contribution in [3.63, 3.8) is 0 Å². The number of carbonyl (C=O) groups excluding carboxylic acids is 1. The van der Waals surface area contributed by atoms with Crippen LogP contribution in [-0.2, 0) is 17.9 Å². The summed E-state index contributed by atoms with van der Waals surface area (Å²) in [5.41, 5.74) is 3.01. The maximum absolute atomic E-state index is 12.5. The SMILES string of the molecule is CC(C)C(C)N1Cc2cccc(NCC(=O)NC3(C#N)CCCCC3)c2C1. The number of nitrogens with zero attached hydrogens (tertiary/aromatic N) is 2. The van der Waals surface area contributed by atoms with E-state index in [1.807, 2.05) is 0 Å². The van der Waals surface area contributed by atoms with Crippen LogP contribution in [0.2, 0.25) is 0 Å². The van der Waals surface area contributed by atoms with Crippen LogP contribution in [-0.4, -0.2) is 28.9 Å². The molecule has 1 aliphatic carbocycles. The summed E-state index contributed by atoms with van der Waals surface area (Å²) in [7, 11) is 0. The lowest BCUT2D eigenvalue weighted by Crippen LogP contribution is -2.50. The Morgan fingerprint density at radius 2 is 1.96 bits per heavy atom. The van der Waals surface area contributed by atoms with E-state index in [0.717, 1.165) is 50.9 Å². The van der Waals surface area contributed by atoms with Crippen molar-refractivity contribution >= 4 is 11.6 Å². The predicted octanol–water partition coefficient (Wildman–Crippen LogP) is 3.80. The van der Waals surface area contributed by atoms with Gasteiger partial charge in [-0.25, -0.2) is 0 Å². The lowest BCUT2D eigenvalue weighted by molar-refractivity contribution is -0.121. The molecule has 2 aliphatic rings. The number of rotatable bonds is 6. The largest absolute Gasteiger partial charge is 0.376 e. The van der Waals surface area contributed by atoms with E-state index in [1.54, 1.807) is 0 Å². The van der Waals surface area contributed by atoms with Gasteiger partial charge in [0.25, 0.3) is 0 Å². The van der Waals surface area contributed by atoms with Gasteiger partial charge in [0.05, 0.1) is 12.6 Å². The number of nitriles is 1. The van der Waals surface area contributed by atoms with E-state index in [4.69, 9.17) is 0 Å². The molecule has 0 bridgehead atoms. The normalized spacial score (nSPS) is 20.0. The van der Waals surface area contributed by atoms with Crippen LogP contribution in [0.15, 0.2) is 18.2 Å². The Morgan fingerprint density at radius 1 is 1.22 bits per heavy atom. The molecule has 27 heavy (non-hydrogen) atoms. The predicted molar refractivity (Wildman–Crippen MR) is 108 cm³/mol. The molecular formula is C22H32N4O. The highest BCUT2D eigenvalue weighted by molar-refractivity contribution is 5.82. The van der Waals surface area contributed by atoms with Gasteiger partial charge in [-0.05, 0) is 42.9 Å². The molecule has 0 radical (unpaired) electrons. The fourth-order valence-electron chi connectivity index (χ4n) is 4.23. The maximum atomic E-state index is 12.5. The molecule has 146 valence electrons. The zero-order valence-electron chi connectivity index (χ0n) is 16.8. The minimum atomic E-state index is -0.668. The molecule has 2 N–H and O–H groups in total. The molecule has 0 spiro atoms. The molecule has 0 aromatic heterocycles. The number of carbonyl (C=O) groups is 1. The summed E-state index contributed by atoms with van der Waals surface area (Å²) >= 11 is 0. The number of hydrogen-bond donors (Lipinski definition) is 2. The molecule has 1 saturated carbocycles. The Bertz CT molecular complexity index is 716. The average molecular weight is 369 g/mol. The first kappa shape index (κ1) is 19.7. The molecule has 1 fully saturated rings. The molecule has 1 unspecified atom stereocenters. The van der Waals surface area contributed by atoms with Gasteiger partial charge in [0.15, 0.2) is 0 Å². The lowest BCUT2D eigenvalue weighted by Gasteiger charge is -2.31. The minimum absolute atomic E-state index is 0.0959. The van der Waals surface area contributed by atoms with Gasteiger partial charge in [-0.3, -0.25) is 9.69 Å². The zero-order chi connectivity index (χ0) is 19.4. The molecular weight excluding hydrogens is 336 g/mol. The van der Waals surface area contributed by atoms with E-state index < -0.39 is 5.54 Å². The van der Waals surface area contributed by atoms with Crippen molar-refractivity contribution in [3.8, 4) is 6.07 Å². The number of amides is 1. The molecule has 1 aliphatic heterocycles. The second-order valence-corrected chi connectivity index (χ2v) is 8.49. The first-order valence-electron chi connectivity index (χ1n) is 10.2. The van der Waals surface area contributed by atoms with Gasteiger partial charge in [0.1, 0.15) is 5.54 Å². The van der Waals surface area contributed by atoms with Crippen LogP contribution in [0.5, 0.6) is 0 Å². The molecule has 1 aromatic carbocycles. The average Bonchev–Trinajstić information content (AvgIpc) is 3.11. The Morgan fingerprint density at radius 3 is 2.63 bits per heavy atom. The summed E-state index contributed by atoms with van der Waals surface area (Å²) in [6.45, 7) is 8.89. The highest BCUT2D eigenvalue weighted by Crippen LogP contribution is 2.32. The molecule has 1 heterocycles. The molecule has 0 saturated heterocycles. The van der Waals surface area contributed by atoms with Gasteiger partial charge in [0.2, 0.25) is 5.91 Å². The van der Waals surface area contributed by atoms with Crippen molar-refractivity contribution in [2.24, 2.45) is 5.92 Å². The van der Waals surface area contributed by atoms with Crippen LogP contribution < -0.4 is 10.6 Å². The van der Waals surface area contributed by atoms with Crippen LogP contribution in [0.3, 0.4) is 0 Å². The quantitative estimate of drug-likeness (QED) is 0.801. The van der Waals surface area contributed by atoms with Crippen LogP contribution in [0.1, 0.15) is 64.0 Å². The molecule has 5 nitrogen and oxygen atoms in total. The molecule has 1 amide bonds. The van der Waals surface area contributed by atoms with Crippen molar-refractivity contribution in [1.29, 1.82) is 5.26 Å². The minimum Gasteiger partial charge on any atom is -0.376 e. The van der Waals surface area contributed by atoms with Crippen molar-refractivity contribution in [3.05, 3.63) is 29.3 Å². The van der Waals surface area contributed by atoms with E-state index in [2.05, 4.69) is 60.6 Å². The Labute approximate surface area is 163 Å². The smallest absolute Gasteiger partial charge is 0.240 e. The van der Waals surface area contributed by atoms with E-state index in [0.29, 0.717) is 12.0 Å². The van der Waals surface area contributed by atoms with Gasteiger partial charge >= 0.3 is 0 Å². The first-order valence-corrected chi connectivity index (χ1v) is 10.2. The zero-order valence-corrected chi connectivity index (χ0v) is 16.8. The van der Waals surface area contributed by atoms with Crippen LogP contribution in [0.4, 0.5) is 5.69 Å². The number of nitrogens with one attached hydrogen (secondary N) is 2. The summed E-state index contributed by atoms with van der Waals surface area (Å²) in [6, 6.07) is 9.16. The Hall–Kier alpha value is -2.06. The summed E-state index contributed by atoms with van der Waals surface area (Å²) in [5, 5.41) is 15.8. The topological polar surface area (TPSA) is 68.2 Å². The lowest BCUT2D eigenvalue weighted by atomic mass is 9.83. The third-order valence-corrected chi connectivity index (χ3v) is 6.29. The fourth-order valence-corrected chi connectivity index (χ4v) is 4.23. The van der Waals surface area contributed by atoms with E-state index in [9.17, 15) is 10.1 Å². The monoisotopic (exact) mass is 368 g/mol. The van der Waals surface area contributed by atoms with Gasteiger partial charge in [-0.2, -0.15) is 5.26 Å². The summed E-state index contributed by atoms with van der Waals surface area (Å²) in [6.07, 6.45) is 4.70. The summed E-state index contributed by atoms with van der Waals surface area (Å²) < 4.78 is 0. The van der Waals surface area contributed by atoms with Crippen LogP contribution >= 0.6 is 0 Å². The number of fused-ring (bicyclic) bond motifs is 1. The highest BCUT2D eigenvalue weighted by atomic mass is 16.2. The van der Waals surface area contributed by atoms with E-state index in [-0.39, 0.29) is 12.5 Å². The maximum Gasteiger partial charge on any atom is 0.240 e. The van der Waals surface area contributed by atoms with Gasteiger partial charge in [-0.1, -0.05) is 45.2 Å². The molecule has 5 heteroatoms. The molecule has 3 rings (SSSR count). The van der Waals surface area contributed by atoms with Crippen molar-refractivity contribution in [2.45, 2.75) is 77.5 Å². The van der Waals surface area contributed by atoms with E-state index in [1.165, 1.54) is 11.1 Å². The third-order valence-electron chi connectivity index (χ3n) is 6.29. The van der Waals surface area contributed by atoms with Gasteiger partial charge in [-0.15, -0.1) is 0 Å². The summed E-state index contributed by atoms with van der Waals surface area (Å²) in [4.78, 5) is 15.0. The molecule has 1 aromatic rings. The van der Waals surface area contributed by atoms with Crippen LogP contribution in [0.25, 0.3) is 0 Å². The van der Waals surface area contributed by atoms with Crippen molar-refractivity contribution in [2.75, 3.05) is 11.9 Å². The molecule has 1 atom stereocenters. The third kappa shape index (κ3) is 4.44. The van der Waals surface area contributed by atoms with E-state index >= 15 is 0 Å². The highest BCUT2D eigenvalue weighted by Gasteiger charge is 2.33. The summed E-state index contributed by atoms with van der Waals surface area (Å²) in [5.74, 6) is 0.514. The number of hydrogen-bond acceptors (Lipinski definition) is 4. The number of anilines is 1. The van der Waals surface area contributed by atoms with Crippen LogP contribution in [0, 0.1) is 17.2 Å². The Kier molecular flexibility index (Phi) is 6.06. The fraction of sp³-hybridized carbons (Fsp3) is 0.636. The van der Waals surface area contributed by atoms with Crippen molar-refractivity contribution in [1.82, 2.24) is 10.2 Å².